The van der Waals surface area contributed by atoms with Gasteiger partial charge in [-0.05, 0) is 22.9 Å². The molecular formula is C21H18N2. The van der Waals surface area contributed by atoms with Gasteiger partial charge in [0.15, 0.2) is 0 Å². The lowest BCUT2D eigenvalue weighted by Gasteiger charge is -2.24. The van der Waals surface area contributed by atoms with Crippen molar-refractivity contribution in [3.05, 3.63) is 78.9 Å². The maximum absolute atomic E-state index is 6.46. The van der Waals surface area contributed by atoms with E-state index in [1.807, 2.05) is 12.1 Å². The molecule has 4 aromatic carbocycles. The lowest BCUT2D eigenvalue weighted by Crippen LogP contribution is -2.12. The van der Waals surface area contributed by atoms with Crippen LogP contribution in [0.3, 0.4) is 0 Å². The molecule has 0 bridgehead atoms. The molecule has 0 aliphatic carbocycles. The van der Waals surface area contributed by atoms with Crippen molar-refractivity contribution in [2.45, 2.75) is 0 Å². The number of benzene rings is 4. The topological polar surface area (TPSA) is 29.3 Å². The summed E-state index contributed by atoms with van der Waals surface area (Å²) in [6.45, 7) is 0. The summed E-state index contributed by atoms with van der Waals surface area (Å²) in [5, 5.41) is 4.72. The Morgan fingerprint density at radius 2 is 1.22 bits per heavy atom. The first-order valence-corrected chi connectivity index (χ1v) is 7.74. The highest BCUT2D eigenvalue weighted by Gasteiger charge is 2.12. The molecule has 2 heteroatoms. The molecule has 0 amide bonds. The number of nitrogen functional groups attached to an aromatic ring is 1. The maximum atomic E-state index is 6.46. The summed E-state index contributed by atoms with van der Waals surface area (Å²) >= 11 is 0. The van der Waals surface area contributed by atoms with Gasteiger partial charge in [-0.25, -0.2) is 0 Å². The zero-order chi connectivity index (χ0) is 15.8. The van der Waals surface area contributed by atoms with E-state index in [1.165, 1.54) is 16.2 Å². The van der Waals surface area contributed by atoms with Gasteiger partial charge in [-0.1, -0.05) is 66.7 Å². The number of rotatable bonds is 2. The highest BCUT2D eigenvalue weighted by atomic mass is 15.1. The third-order valence-corrected chi connectivity index (χ3v) is 4.44. The van der Waals surface area contributed by atoms with Crippen molar-refractivity contribution < 1.29 is 0 Å². The SMILES string of the molecule is CN(c1ccc2ccccc2c1N)c1cccc2ccccc12. The van der Waals surface area contributed by atoms with Crippen molar-refractivity contribution in [1.82, 2.24) is 0 Å². The summed E-state index contributed by atoms with van der Waals surface area (Å²) in [5.41, 5.74) is 9.46. The number of hydrogen-bond donors (Lipinski definition) is 1. The Labute approximate surface area is 135 Å². The molecule has 0 radical (unpaired) electrons. The lowest BCUT2D eigenvalue weighted by atomic mass is 10.0. The summed E-state index contributed by atoms with van der Waals surface area (Å²) < 4.78 is 0. The largest absolute Gasteiger partial charge is 0.397 e. The van der Waals surface area contributed by atoms with Gasteiger partial charge in [-0.3, -0.25) is 0 Å². The van der Waals surface area contributed by atoms with Gasteiger partial charge in [0.1, 0.15) is 0 Å². The quantitative estimate of drug-likeness (QED) is 0.506. The molecule has 4 rings (SSSR count). The maximum Gasteiger partial charge on any atom is 0.0648 e. The molecule has 0 saturated carbocycles. The van der Waals surface area contributed by atoms with Crippen molar-refractivity contribution in [1.29, 1.82) is 0 Å². The normalized spacial score (nSPS) is 11.0. The monoisotopic (exact) mass is 298 g/mol. The van der Waals surface area contributed by atoms with Crippen LogP contribution in [0.25, 0.3) is 21.5 Å². The molecule has 0 saturated heterocycles. The summed E-state index contributed by atoms with van der Waals surface area (Å²) in [4.78, 5) is 2.17. The van der Waals surface area contributed by atoms with Crippen LogP contribution >= 0.6 is 0 Å². The van der Waals surface area contributed by atoms with E-state index in [0.717, 1.165) is 22.4 Å². The molecule has 0 spiro atoms. The van der Waals surface area contributed by atoms with Crippen molar-refractivity contribution in [3.63, 3.8) is 0 Å². The third-order valence-electron chi connectivity index (χ3n) is 4.44. The van der Waals surface area contributed by atoms with Gasteiger partial charge in [-0.15, -0.1) is 0 Å². The van der Waals surface area contributed by atoms with Crippen LogP contribution in [0, 0.1) is 0 Å². The Kier molecular flexibility index (Phi) is 3.16. The van der Waals surface area contributed by atoms with Crippen LogP contribution in [-0.4, -0.2) is 7.05 Å². The smallest absolute Gasteiger partial charge is 0.0648 e. The molecule has 0 aromatic heterocycles. The second-order valence-electron chi connectivity index (χ2n) is 5.78. The van der Waals surface area contributed by atoms with E-state index in [4.69, 9.17) is 5.73 Å². The summed E-state index contributed by atoms with van der Waals surface area (Å²) in [7, 11) is 2.07. The molecule has 4 aromatic rings. The number of anilines is 3. The van der Waals surface area contributed by atoms with E-state index in [-0.39, 0.29) is 0 Å². The number of fused-ring (bicyclic) bond motifs is 2. The van der Waals surface area contributed by atoms with E-state index < -0.39 is 0 Å². The van der Waals surface area contributed by atoms with Crippen molar-refractivity contribution in [2.75, 3.05) is 17.7 Å². The van der Waals surface area contributed by atoms with E-state index in [2.05, 4.69) is 78.7 Å². The van der Waals surface area contributed by atoms with Crippen LogP contribution in [0.2, 0.25) is 0 Å². The second kappa shape index (κ2) is 5.33. The van der Waals surface area contributed by atoms with Gasteiger partial charge >= 0.3 is 0 Å². The van der Waals surface area contributed by atoms with Crippen LogP contribution in [0.1, 0.15) is 0 Å². The minimum atomic E-state index is 0.818. The average molecular weight is 298 g/mol. The minimum Gasteiger partial charge on any atom is -0.397 e. The van der Waals surface area contributed by atoms with Crippen LogP contribution < -0.4 is 10.6 Å². The third kappa shape index (κ3) is 2.20. The zero-order valence-electron chi connectivity index (χ0n) is 13.0. The van der Waals surface area contributed by atoms with Gasteiger partial charge in [-0.2, -0.15) is 0 Å². The first-order valence-electron chi connectivity index (χ1n) is 7.74. The van der Waals surface area contributed by atoms with Crippen LogP contribution in [-0.2, 0) is 0 Å². The van der Waals surface area contributed by atoms with E-state index in [1.54, 1.807) is 0 Å². The summed E-state index contributed by atoms with van der Waals surface area (Å²) in [6.07, 6.45) is 0. The molecule has 2 N–H and O–H groups in total. The lowest BCUT2D eigenvalue weighted by molar-refractivity contribution is 1.23. The summed E-state index contributed by atoms with van der Waals surface area (Å²) in [6, 6.07) is 27.2. The highest BCUT2D eigenvalue weighted by molar-refractivity contribution is 6.03. The molecule has 0 aliphatic rings. The molecule has 23 heavy (non-hydrogen) atoms. The molecule has 0 heterocycles. The standard InChI is InChI=1S/C21H18N2/c1-23(19-12-6-9-15-7-2-4-10-17(15)19)20-14-13-16-8-3-5-11-18(16)21(20)22/h2-14H,22H2,1H3. The molecule has 0 atom stereocenters. The van der Waals surface area contributed by atoms with Crippen molar-refractivity contribution in [3.8, 4) is 0 Å². The molecule has 112 valence electrons. The Morgan fingerprint density at radius 1 is 0.609 bits per heavy atom. The zero-order valence-corrected chi connectivity index (χ0v) is 13.0. The fraction of sp³-hybridized carbons (Fsp3) is 0.0476. The minimum absolute atomic E-state index is 0.818. The molecule has 2 nitrogen and oxygen atoms in total. The van der Waals surface area contributed by atoms with Crippen LogP contribution in [0.4, 0.5) is 17.1 Å². The van der Waals surface area contributed by atoms with Crippen LogP contribution in [0.5, 0.6) is 0 Å². The van der Waals surface area contributed by atoms with Gasteiger partial charge in [0.2, 0.25) is 0 Å². The summed E-state index contributed by atoms with van der Waals surface area (Å²) in [5.74, 6) is 0. The van der Waals surface area contributed by atoms with Crippen LogP contribution in [0.15, 0.2) is 78.9 Å². The predicted molar refractivity (Wildman–Crippen MR) is 100 cm³/mol. The molecule has 0 fully saturated rings. The first-order chi connectivity index (χ1) is 11.3. The Balaban J connectivity index is 1.91. The highest BCUT2D eigenvalue weighted by Crippen LogP contribution is 2.37. The Morgan fingerprint density at radius 3 is 2.00 bits per heavy atom. The van der Waals surface area contributed by atoms with Crippen molar-refractivity contribution in [2.24, 2.45) is 0 Å². The van der Waals surface area contributed by atoms with Crippen molar-refractivity contribution >= 4 is 38.6 Å². The first kappa shape index (κ1) is 13.6. The Bertz CT molecular complexity index is 999. The van der Waals surface area contributed by atoms with E-state index in [9.17, 15) is 0 Å². The van der Waals surface area contributed by atoms with Gasteiger partial charge < -0.3 is 10.6 Å². The Hall–Kier alpha value is -3.00. The van der Waals surface area contributed by atoms with Gasteiger partial charge in [0.05, 0.1) is 11.4 Å². The fourth-order valence-corrected chi connectivity index (χ4v) is 3.21. The predicted octanol–water partition coefficient (Wildman–Crippen LogP) is 5.34. The molecular weight excluding hydrogens is 280 g/mol. The van der Waals surface area contributed by atoms with Gasteiger partial charge in [0.25, 0.3) is 0 Å². The number of nitrogens with two attached hydrogens (primary N) is 1. The van der Waals surface area contributed by atoms with Gasteiger partial charge in [0, 0.05) is 23.5 Å². The number of nitrogens with zero attached hydrogens (tertiary/aromatic N) is 1. The second-order valence-corrected chi connectivity index (χ2v) is 5.78. The number of hydrogen-bond acceptors (Lipinski definition) is 2. The average Bonchev–Trinajstić information content (AvgIpc) is 2.61. The van der Waals surface area contributed by atoms with E-state index in [0.29, 0.717) is 0 Å². The van der Waals surface area contributed by atoms with E-state index >= 15 is 0 Å². The fourth-order valence-electron chi connectivity index (χ4n) is 3.21. The molecule has 0 aliphatic heterocycles. The molecule has 0 unspecified atom stereocenters.